The highest BCUT2D eigenvalue weighted by atomic mass is 16.5. The van der Waals surface area contributed by atoms with E-state index in [2.05, 4.69) is 15.6 Å². The van der Waals surface area contributed by atoms with E-state index >= 15 is 0 Å². The van der Waals surface area contributed by atoms with Gasteiger partial charge in [-0.05, 0) is 24.3 Å². The Balaban J connectivity index is 1.81. The van der Waals surface area contributed by atoms with Crippen LogP contribution in [0.2, 0.25) is 0 Å². The molecule has 1 aromatic carbocycles. The molecule has 0 radical (unpaired) electrons. The summed E-state index contributed by atoms with van der Waals surface area (Å²) in [5.74, 6) is 1.19. The number of carbonyl (C=O) groups is 1. The number of para-hydroxylation sites is 1. The second-order valence-electron chi connectivity index (χ2n) is 4.07. The molecule has 0 aliphatic rings. The summed E-state index contributed by atoms with van der Waals surface area (Å²) in [6.07, 6.45) is 1.64. The molecular weight excluding hydrogens is 254 g/mol. The summed E-state index contributed by atoms with van der Waals surface area (Å²) in [6.45, 7) is 0.858. The molecule has 2 rings (SSSR count). The minimum absolute atomic E-state index is 0.167. The molecule has 0 bridgehead atoms. The highest BCUT2D eigenvalue weighted by Gasteiger charge is 2.10. The molecule has 0 atom stereocenters. The summed E-state index contributed by atoms with van der Waals surface area (Å²) < 4.78 is 5.50. The zero-order chi connectivity index (χ0) is 14.2. The van der Waals surface area contributed by atoms with Gasteiger partial charge in [0, 0.05) is 13.2 Å². The molecule has 1 amide bonds. The Kier molecular flexibility index (Phi) is 4.94. The zero-order valence-electron chi connectivity index (χ0n) is 11.3. The molecular formula is C15H17N3O2. The van der Waals surface area contributed by atoms with Gasteiger partial charge >= 0.3 is 0 Å². The fourth-order valence-electron chi connectivity index (χ4n) is 1.73. The maximum absolute atomic E-state index is 12.0. The van der Waals surface area contributed by atoms with E-state index in [-0.39, 0.29) is 5.91 Å². The highest BCUT2D eigenvalue weighted by molar-refractivity contribution is 5.98. The average Bonchev–Trinajstić information content (AvgIpc) is 2.52. The normalized spacial score (nSPS) is 9.85. The molecule has 2 N–H and O–H groups in total. The lowest BCUT2D eigenvalue weighted by molar-refractivity contribution is 0.0947. The monoisotopic (exact) mass is 271 g/mol. The van der Waals surface area contributed by atoms with E-state index in [4.69, 9.17) is 4.74 Å². The third kappa shape index (κ3) is 3.71. The fraction of sp³-hybridized carbons (Fsp3) is 0.200. The molecule has 2 aromatic rings. The van der Waals surface area contributed by atoms with Crippen molar-refractivity contribution >= 4 is 11.7 Å². The summed E-state index contributed by atoms with van der Waals surface area (Å²) in [5.41, 5.74) is 0.523. The van der Waals surface area contributed by atoms with Gasteiger partial charge in [0.25, 0.3) is 5.91 Å². The van der Waals surface area contributed by atoms with Crippen LogP contribution in [-0.4, -0.2) is 31.1 Å². The predicted octanol–water partition coefficient (Wildman–Crippen LogP) is 1.93. The van der Waals surface area contributed by atoms with Crippen molar-refractivity contribution in [2.24, 2.45) is 0 Å². The molecule has 1 aromatic heterocycles. The van der Waals surface area contributed by atoms with Crippen LogP contribution in [0.1, 0.15) is 10.4 Å². The first-order valence-electron chi connectivity index (χ1n) is 6.40. The average molecular weight is 271 g/mol. The van der Waals surface area contributed by atoms with E-state index in [1.165, 1.54) is 0 Å². The Morgan fingerprint density at radius 3 is 2.75 bits per heavy atom. The number of benzene rings is 1. The summed E-state index contributed by atoms with van der Waals surface area (Å²) in [4.78, 5) is 16.1. The number of hydrogen-bond acceptors (Lipinski definition) is 4. The minimum Gasteiger partial charge on any atom is -0.492 e. The van der Waals surface area contributed by atoms with Crippen LogP contribution in [-0.2, 0) is 0 Å². The van der Waals surface area contributed by atoms with Gasteiger partial charge in [0.05, 0.1) is 12.1 Å². The van der Waals surface area contributed by atoms with Crippen molar-refractivity contribution in [1.29, 1.82) is 0 Å². The molecule has 0 saturated heterocycles. The number of ether oxygens (including phenoxy) is 1. The summed E-state index contributed by atoms with van der Waals surface area (Å²) in [5, 5.41) is 5.69. The van der Waals surface area contributed by atoms with Crippen molar-refractivity contribution < 1.29 is 9.53 Å². The van der Waals surface area contributed by atoms with Crippen LogP contribution in [0.15, 0.2) is 48.7 Å². The molecule has 104 valence electrons. The van der Waals surface area contributed by atoms with Gasteiger partial charge in [-0.1, -0.05) is 18.2 Å². The Bertz CT molecular complexity index is 558. The maximum Gasteiger partial charge on any atom is 0.255 e. The lowest BCUT2D eigenvalue weighted by atomic mass is 10.2. The van der Waals surface area contributed by atoms with Crippen LogP contribution < -0.4 is 15.4 Å². The van der Waals surface area contributed by atoms with E-state index in [0.29, 0.717) is 24.5 Å². The molecule has 0 saturated carbocycles. The minimum atomic E-state index is -0.167. The van der Waals surface area contributed by atoms with E-state index in [1.807, 2.05) is 30.3 Å². The number of carbonyl (C=O) groups excluding carboxylic acids is 1. The first-order valence-corrected chi connectivity index (χ1v) is 6.40. The number of nitrogens with one attached hydrogen (secondary N) is 2. The summed E-state index contributed by atoms with van der Waals surface area (Å²) in [7, 11) is 1.73. The maximum atomic E-state index is 12.0. The molecule has 5 heteroatoms. The van der Waals surface area contributed by atoms with Gasteiger partial charge in [-0.3, -0.25) is 4.79 Å². The first kappa shape index (κ1) is 13.9. The molecule has 20 heavy (non-hydrogen) atoms. The largest absolute Gasteiger partial charge is 0.492 e. The van der Waals surface area contributed by atoms with Crippen LogP contribution in [0.25, 0.3) is 0 Å². The highest BCUT2D eigenvalue weighted by Crippen LogP contribution is 2.10. The Morgan fingerprint density at radius 2 is 2.00 bits per heavy atom. The first-order chi connectivity index (χ1) is 9.81. The second-order valence-corrected chi connectivity index (χ2v) is 4.07. The third-order valence-electron chi connectivity index (χ3n) is 2.69. The standard InChI is InChI=1S/C15H17N3O2/c1-16-14-13(8-5-9-17-14)15(19)18-10-11-20-12-6-3-2-4-7-12/h2-9H,10-11H2,1H3,(H,16,17)(H,18,19). The fourth-order valence-corrected chi connectivity index (χ4v) is 1.73. The van der Waals surface area contributed by atoms with Crippen molar-refractivity contribution in [2.75, 3.05) is 25.5 Å². The van der Waals surface area contributed by atoms with Gasteiger partial charge in [0.1, 0.15) is 18.2 Å². The van der Waals surface area contributed by atoms with Crippen LogP contribution >= 0.6 is 0 Å². The quantitative estimate of drug-likeness (QED) is 0.788. The predicted molar refractivity (Wildman–Crippen MR) is 78.1 cm³/mol. The van der Waals surface area contributed by atoms with Crippen molar-refractivity contribution in [2.45, 2.75) is 0 Å². The van der Waals surface area contributed by atoms with Gasteiger partial charge in [-0.2, -0.15) is 0 Å². The summed E-state index contributed by atoms with van der Waals surface area (Å²) >= 11 is 0. The van der Waals surface area contributed by atoms with Gasteiger partial charge in [0.15, 0.2) is 0 Å². The topological polar surface area (TPSA) is 63.2 Å². The summed E-state index contributed by atoms with van der Waals surface area (Å²) in [6, 6.07) is 13.0. The van der Waals surface area contributed by atoms with E-state index in [0.717, 1.165) is 5.75 Å². The Morgan fingerprint density at radius 1 is 1.20 bits per heavy atom. The molecule has 0 aliphatic heterocycles. The van der Waals surface area contributed by atoms with Crippen molar-refractivity contribution in [3.63, 3.8) is 0 Å². The number of pyridine rings is 1. The number of anilines is 1. The molecule has 0 fully saturated rings. The molecule has 0 aliphatic carbocycles. The van der Waals surface area contributed by atoms with Crippen LogP contribution in [0.5, 0.6) is 5.75 Å². The van der Waals surface area contributed by atoms with Crippen LogP contribution in [0.4, 0.5) is 5.82 Å². The third-order valence-corrected chi connectivity index (χ3v) is 2.69. The van der Waals surface area contributed by atoms with Crippen molar-refractivity contribution in [3.8, 4) is 5.75 Å². The van der Waals surface area contributed by atoms with E-state index < -0.39 is 0 Å². The lowest BCUT2D eigenvalue weighted by Gasteiger charge is -2.09. The van der Waals surface area contributed by atoms with Gasteiger partial charge < -0.3 is 15.4 Å². The number of amides is 1. The van der Waals surface area contributed by atoms with Crippen molar-refractivity contribution in [1.82, 2.24) is 10.3 Å². The SMILES string of the molecule is CNc1ncccc1C(=O)NCCOc1ccccc1. The number of aromatic nitrogens is 1. The molecule has 1 heterocycles. The smallest absolute Gasteiger partial charge is 0.255 e. The number of hydrogen-bond donors (Lipinski definition) is 2. The Labute approximate surface area is 118 Å². The van der Waals surface area contributed by atoms with Gasteiger partial charge in [0.2, 0.25) is 0 Å². The number of nitrogens with zero attached hydrogens (tertiary/aromatic N) is 1. The lowest BCUT2D eigenvalue weighted by Crippen LogP contribution is -2.28. The van der Waals surface area contributed by atoms with Crippen LogP contribution in [0, 0.1) is 0 Å². The second kappa shape index (κ2) is 7.13. The van der Waals surface area contributed by atoms with Crippen molar-refractivity contribution in [3.05, 3.63) is 54.2 Å². The van der Waals surface area contributed by atoms with Crippen LogP contribution in [0.3, 0.4) is 0 Å². The van der Waals surface area contributed by atoms with Gasteiger partial charge in [-0.25, -0.2) is 4.98 Å². The number of rotatable bonds is 6. The molecule has 0 unspecified atom stereocenters. The van der Waals surface area contributed by atoms with Gasteiger partial charge in [-0.15, -0.1) is 0 Å². The molecule has 5 nitrogen and oxygen atoms in total. The molecule has 0 spiro atoms. The Hall–Kier alpha value is -2.56. The zero-order valence-corrected chi connectivity index (χ0v) is 11.3. The van der Waals surface area contributed by atoms with E-state index in [1.54, 1.807) is 25.4 Å². The van der Waals surface area contributed by atoms with E-state index in [9.17, 15) is 4.79 Å².